The fourth-order valence-electron chi connectivity index (χ4n) is 2.82. The van der Waals surface area contributed by atoms with Gasteiger partial charge in [0.1, 0.15) is 11.3 Å². The van der Waals surface area contributed by atoms with Gasteiger partial charge in [0.15, 0.2) is 22.9 Å². The number of aromatic hydroxyl groups is 1. The highest BCUT2D eigenvalue weighted by atomic mass is 16.5. The fourth-order valence-corrected chi connectivity index (χ4v) is 2.82. The minimum Gasteiger partial charge on any atom is -0.507 e. The van der Waals surface area contributed by atoms with E-state index in [1.807, 2.05) is 0 Å². The second kappa shape index (κ2) is 7.37. The highest BCUT2D eigenvalue weighted by molar-refractivity contribution is 6.15. The summed E-state index contributed by atoms with van der Waals surface area (Å²) < 4.78 is 15.6. The van der Waals surface area contributed by atoms with Gasteiger partial charge in [-0.05, 0) is 48.4 Å². The van der Waals surface area contributed by atoms with Crippen LogP contribution in [0.2, 0.25) is 0 Å². The zero-order chi connectivity index (χ0) is 19.6. The third-order valence-electron chi connectivity index (χ3n) is 4.18. The second-order valence-corrected chi connectivity index (χ2v) is 5.90. The van der Waals surface area contributed by atoms with Crippen molar-refractivity contribution < 1.29 is 23.8 Å². The van der Waals surface area contributed by atoms with E-state index < -0.39 is 11.4 Å². The Morgan fingerprint density at radius 2 is 1.81 bits per heavy atom. The number of phenols is 1. The first-order valence-corrected chi connectivity index (χ1v) is 8.15. The van der Waals surface area contributed by atoms with Gasteiger partial charge in [0, 0.05) is 11.5 Å². The van der Waals surface area contributed by atoms with E-state index >= 15 is 0 Å². The largest absolute Gasteiger partial charge is 0.507 e. The van der Waals surface area contributed by atoms with Crippen LogP contribution in [0.25, 0.3) is 17.0 Å². The Morgan fingerprint density at radius 1 is 1.07 bits per heavy atom. The molecule has 0 atom stereocenters. The molecule has 0 saturated carbocycles. The number of benzene rings is 2. The van der Waals surface area contributed by atoms with Crippen LogP contribution in [-0.4, -0.2) is 25.1 Å². The van der Waals surface area contributed by atoms with Gasteiger partial charge in [-0.3, -0.25) is 4.79 Å². The molecule has 1 N–H and O–H groups in total. The molecule has 0 spiro atoms. The van der Waals surface area contributed by atoms with E-state index in [2.05, 4.69) is 0 Å². The molecule has 0 radical (unpaired) electrons. The lowest BCUT2D eigenvalue weighted by molar-refractivity contribution is 0.104. The van der Waals surface area contributed by atoms with Crippen molar-refractivity contribution in [2.75, 3.05) is 14.2 Å². The number of carbonyl (C=O) groups is 1. The Kier molecular flexibility index (Phi) is 4.98. The molecule has 0 saturated heterocycles. The Labute approximate surface area is 155 Å². The number of phenolic OH excluding ortho intramolecular Hbond substituents is 1. The van der Waals surface area contributed by atoms with Crippen LogP contribution in [0.15, 0.2) is 51.7 Å². The summed E-state index contributed by atoms with van der Waals surface area (Å²) in [6.45, 7) is 1.74. The predicted molar refractivity (Wildman–Crippen MR) is 102 cm³/mol. The molecular formula is C21H18O6. The first-order chi connectivity index (χ1) is 12.9. The van der Waals surface area contributed by atoms with E-state index in [1.165, 1.54) is 32.4 Å². The van der Waals surface area contributed by atoms with Gasteiger partial charge >= 0.3 is 5.63 Å². The van der Waals surface area contributed by atoms with Gasteiger partial charge in [0.25, 0.3) is 0 Å². The quantitative estimate of drug-likeness (QED) is 0.421. The van der Waals surface area contributed by atoms with Crippen LogP contribution >= 0.6 is 0 Å². The highest BCUT2D eigenvalue weighted by Crippen LogP contribution is 2.30. The number of rotatable bonds is 5. The molecule has 2 aromatic carbocycles. The summed E-state index contributed by atoms with van der Waals surface area (Å²) in [7, 11) is 3.06. The van der Waals surface area contributed by atoms with Crippen LogP contribution in [-0.2, 0) is 0 Å². The van der Waals surface area contributed by atoms with Crippen LogP contribution in [0.3, 0.4) is 0 Å². The molecule has 6 nitrogen and oxygen atoms in total. The molecular weight excluding hydrogens is 348 g/mol. The summed E-state index contributed by atoms with van der Waals surface area (Å²) in [4.78, 5) is 24.4. The van der Waals surface area contributed by atoms with Gasteiger partial charge in [-0.25, -0.2) is 4.79 Å². The number of fused-ring (bicyclic) bond motifs is 1. The van der Waals surface area contributed by atoms with Gasteiger partial charge < -0.3 is 19.0 Å². The molecule has 0 aliphatic heterocycles. The summed E-state index contributed by atoms with van der Waals surface area (Å²) in [5.41, 5.74) is 0.813. The van der Waals surface area contributed by atoms with Crippen LogP contribution in [0, 0.1) is 6.92 Å². The molecule has 27 heavy (non-hydrogen) atoms. The average Bonchev–Trinajstić information content (AvgIpc) is 2.65. The number of ketones is 1. The molecule has 1 aromatic heterocycles. The SMILES string of the molecule is COc1ccc(/C=C/C(=O)c2c(O)ccc3c(C)cc(=O)oc23)cc1OC. The molecule has 138 valence electrons. The third-order valence-corrected chi connectivity index (χ3v) is 4.18. The number of allylic oxidation sites excluding steroid dienone is 1. The molecule has 3 aromatic rings. The molecule has 3 rings (SSSR count). The molecule has 0 fully saturated rings. The molecule has 0 amide bonds. The van der Waals surface area contributed by atoms with Crippen LogP contribution < -0.4 is 15.1 Å². The number of carbonyl (C=O) groups excluding carboxylic acids is 1. The van der Waals surface area contributed by atoms with Gasteiger partial charge in [-0.15, -0.1) is 0 Å². The van der Waals surface area contributed by atoms with Crippen molar-refractivity contribution in [2.45, 2.75) is 6.92 Å². The molecule has 0 aliphatic carbocycles. The van der Waals surface area contributed by atoms with E-state index in [-0.39, 0.29) is 16.9 Å². The Morgan fingerprint density at radius 3 is 2.52 bits per heavy atom. The molecule has 0 unspecified atom stereocenters. The zero-order valence-corrected chi connectivity index (χ0v) is 15.1. The monoisotopic (exact) mass is 366 g/mol. The number of aryl methyl sites for hydroxylation is 1. The minimum absolute atomic E-state index is 0.0509. The standard InChI is InChI=1S/C21H18O6/c1-12-10-19(24)27-21-14(12)6-8-16(23)20(21)15(22)7-4-13-5-9-17(25-2)18(11-13)26-3/h4-11,23H,1-3H3/b7-4+. The maximum Gasteiger partial charge on any atom is 0.336 e. The van der Waals surface area contributed by atoms with Crippen LogP contribution in [0.5, 0.6) is 17.2 Å². The second-order valence-electron chi connectivity index (χ2n) is 5.90. The first-order valence-electron chi connectivity index (χ1n) is 8.15. The van der Waals surface area contributed by atoms with Gasteiger partial charge in [-0.1, -0.05) is 12.1 Å². The lowest BCUT2D eigenvalue weighted by atomic mass is 10.0. The average molecular weight is 366 g/mol. The summed E-state index contributed by atoms with van der Waals surface area (Å²) in [6, 6.07) is 9.56. The lowest BCUT2D eigenvalue weighted by Gasteiger charge is -2.08. The summed E-state index contributed by atoms with van der Waals surface area (Å²) >= 11 is 0. The van der Waals surface area contributed by atoms with E-state index in [0.717, 1.165) is 0 Å². The number of hydrogen-bond acceptors (Lipinski definition) is 6. The number of methoxy groups -OCH3 is 2. The van der Waals surface area contributed by atoms with Crippen molar-refractivity contribution in [3.05, 3.63) is 69.6 Å². The van der Waals surface area contributed by atoms with Gasteiger partial charge in [0.05, 0.1) is 14.2 Å². The number of ether oxygens (including phenoxy) is 2. The normalized spacial score (nSPS) is 11.1. The highest BCUT2D eigenvalue weighted by Gasteiger charge is 2.17. The Hall–Kier alpha value is -3.54. The van der Waals surface area contributed by atoms with Crippen LogP contribution in [0.1, 0.15) is 21.5 Å². The lowest BCUT2D eigenvalue weighted by Crippen LogP contribution is -2.03. The van der Waals surface area contributed by atoms with Crippen LogP contribution in [0.4, 0.5) is 0 Å². The van der Waals surface area contributed by atoms with Crippen molar-refractivity contribution >= 4 is 22.8 Å². The maximum absolute atomic E-state index is 12.7. The van der Waals surface area contributed by atoms with E-state index in [9.17, 15) is 14.7 Å². The smallest absolute Gasteiger partial charge is 0.336 e. The fraction of sp³-hybridized carbons (Fsp3) is 0.143. The minimum atomic E-state index is -0.580. The summed E-state index contributed by atoms with van der Waals surface area (Å²) in [5, 5.41) is 10.7. The molecule has 6 heteroatoms. The van der Waals surface area contributed by atoms with Crippen molar-refractivity contribution in [3.63, 3.8) is 0 Å². The Bertz CT molecular complexity index is 1110. The summed E-state index contributed by atoms with van der Waals surface area (Å²) in [5.74, 6) is 0.367. The molecule has 1 heterocycles. The molecule has 0 aliphatic rings. The van der Waals surface area contributed by atoms with Crippen molar-refractivity contribution in [1.82, 2.24) is 0 Å². The van der Waals surface area contributed by atoms with Crippen molar-refractivity contribution in [1.29, 1.82) is 0 Å². The van der Waals surface area contributed by atoms with Crippen molar-refractivity contribution in [2.24, 2.45) is 0 Å². The van der Waals surface area contributed by atoms with E-state index in [4.69, 9.17) is 13.9 Å². The molecule has 0 bridgehead atoms. The van der Waals surface area contributed by atoms with Crippen molar-refractivity contribution in [3.8, 4) is 17.2 Å². The topological polar surface area (TPSA) is 86.0 Å². The predicted octanol–water partition coefficient (Wildman–Crippen LogP) is 3.72. The van der Waals surface area contributed by atoms with Gasteiger partial charge in [-0.2, -0.15) is 0 Å². The summed E-state index contributed by atoms with van der Waals surface area (Å²) in [6.07, 6.45) is 2.88. The van der Waals surface area contributed by atoms with E-state index in [0.29, 0.717) is 28.0 Å². The third kappa shape index (κ3) is 3.55. The number of hydrogen-bond donors (Lipinski definition) is 1. The Balaban J connectivity index is 2.03. The van der Waals surface area contributed by atoms with Gasteiger partial charge in [0.2, 0.25) is 0 Å². The van der Waals surface area contributed by atoms with E-state index in [1.54, 1.807) is 37.3 Å². The first kappa shape index (κ1) is 18.3. The zero-order valence-electron chi connectivity index (χ0n) is 15.1. The maximum atomic E-state index is 12.7.